The summed E-state index contributed by atoms with van der Waals surface area (Å²) >= 11 is 0. The van der Waals surface area contributed by atoms with Crippen molar-refractivity contribution in [2.45, 2.75) is 18.8 Å². The number of nitrogen functional groups attached to an aromatic ring is 1. The maximum absolute atomic E-state index is 5.99. The van der Waals surface area contributed by atoms with Gasteiger partial charge in [-0.2, -0.15) is 0 Å². The van der Waals surface area contributed by atoms with Crippen LogP contribution in [0, 0.1) is 0 Å². The van der Waals surface area contributed by atoms with Gasteiger partial charge in [-0.15, -0.1) is 0 Å². The molecule has 0 saturated heterocycles. The number of hydrogen-bond donors (Lipinski definition) is 1. The highest BCUT2D eigenvalue weighted by molar-refractivity contribution is 5.51. The van der Waals surface area contributed by atoms with Crippen LogP contribution in [0.15, 0.2) is 36.8 Å². The average Bonchev–Trinajstić information content (AvgIpc) is 2.74. The smallest absolute Gasteiger partial charge is 0.0511 e. The van der Waals surface area contributed by atoms with Crippen molar-refractivity contribution in [2.24, 2.45) is 0 Å². The molecule has 3 rings (SSSR count). The fourth-order valence-electron chi connectivity index (χ4n) is 2.42. The van der Waals surface area contributed by atoms with Crippen LogP contribution in [0.1, 0.15) is 29.2 Å². The van der Waals surface area contributed by atoms with E-state index in [0.29, 0.717) is 5.92 Å². The molecule has 0 amide bonds. The maximum atomic E-state index is 5.99. The van der Waals surface area contributed by atoms with Crippen LogP contribution in [0.5, 0.6) is 0 Å². The third kappa shape index (κ3) is 1.36. The number of hydrogen-bond acceptors (Lipinski definition) is 3. The van der Waals surface area contributed by atoms with Gasteiger partial charge in [0.15, 0.2) is 0 Å². The Kier molecular flexibility index (Phi) is 2.10. The number of anilines is 1. The summed E-state index contributed by atoms with van der Waals surface area (Å²) in [5, 5.41) is 0. The molecule has 80 valence electrons. The first-order valence-electron chi connectivity index (χ1n) is 5.49. The molecule has 0 radical (unpaired) electrons. The summed E-state index contributed by atoms with van der Waals surface area (Å²) in [6, 6.07) is 6.00. The average molecular weight is 211 g/mol. The molecule has 16 heavy (non-hydrogen) atoms. The summed E-state index contributed by atoms with van der Waals surface area (Å²) in [4.78, 5) is 8.63. The minimum atomic E-state index is 0.324. The van der Waals surface area contributed by atoms with Crippen molar-refractivity contribution >= 4 is 5.69 Å². The predicted octanol–water partition coefficient (Wildman–Crippen LogP) is 2.14. The molecular formula is C13H13N3. The standard InChI is InChI=1S/C13H13N3/c14-12-5-7-15-8-11(12)10-4-3-9-2-1-6-16-13(9)10/h1-2,5-8,10H,3-4H2,(H2,14,15). The molecule has 0 aliphatic heterocycles. The zero-order chi connectivity index (χ0) is 11.0. The monoisotopic (exact) mass is 211 g/mol. The van der Waals surface area contributed by atoms with E-state index in [2.05, 4.69) is 16.0 Å². The van der Waals surface area contributed by atoms with Crippen molar-refractivity contribution in [3.63, 3.8) is 0 Å². The largest absolute Gasteiger partial charge is 0.398 e. The summed E-state index contributed by atoms with van der Waals surface area (Å²) in [5.74, 6) is 0.324. The van der Waals surface area contributed by atoms with Crippen LogP contribution >= 0.6 is 0 Å². The number of aryl methyl sites for hydroxylation is 1. The molecule has 0 aromatic carbocycles. The summed E-state index contributed by atoms with van der Waals surface area (Å²) in [7, 11) is 0. The van der Waals surface area contributed by atoms with E-state index < -0.39 is 0 Å². The van der Waals surface area contributed by atoms with E-state index in [-0.39, 0.29) is 0 Å². The third-order valence-corrected chi connectivity index (χ3v) is 3.22. The molecule has 0 spiro atoms. The quantitative estimate of drug-likeness (QED) is 0.786. The van der Waals surface area contributed by atoms with E-state index >= 15 is 0 Å². The number of aromatic nitrogens is 2. The SMILES string of the molecule is Nc1ccncc1C1CCc2cccnc21. The summed E-state index contributed by atoms with van der Waals surface area (Å²) in [5.41, 5.74) is 10.4. The van der Waals surface area contributed by atoms with E-state index in [4.69, 9.17) is 5.73 Å². The Balaban J connectivity index is 2.08. The van der Waals surface area contributed by atoms with Crippen LogP contribution in [0.3, 0.4) is 0 Å². The van der Waals surface area contributed by atoms with Crippen LogP contribution in [0.4, 0.5) is 5.69 Å². The van der Waals surface area contributed by atoms with Crippen LogP contribution in [-0.2, 0) is 6.42 Å². The lowest BCUT2D eigenvalue weighted by atomic mass is 9.97. The Morgan fingerprint density at radius 3 is 3.06 bits per heavy atom. The number of nitrogens with zero attached hydrogens (tertiary/aromatic N) is 2. The van der Waals surface area contributed by atoms with Gasteiger partial charge in [0.1, 0.15) is 0 Å². The van der Waals surface area contributed by atoms with Gasteiger partial charge in [0, 0.05) is 35.8 Å². The Morgan fingerprint density at radius 1 is 1.25 bits per heavy atom. The van der Waals surface area contributed by atoms with E-state index in [1.54, 1.807) is 6.20 Å². The van der Waals surface area contributed by atoms with Crippen LogP contribution in [0.2, 0.25) is 0 Å². The maximum Gasteiger partial charge on any atom is 0.0511 e. The van der Waals surface area contributed by atoms with Crippen LogP contribution < -0.4 is 5.73 Å². The van der Waals surface area contributed by atoms with E-state index in [1.807, 2.05) is 24.5 Å². The van der Waals surface area contributed by atoms with Gasteiger partial charge in [-0.3, -0.25) is 9.97 Å². The van der Waals surface area contributed by atoms with E-state index in [9.17, 15) is 0 Å². The summed E-state index contributed by atoms with van der Waals surface area (Å²) in [6.45, 7) is 0. The van der Waals surface area contributed by atoms with Gasteiger partial charge in [0.25, 0.3) is 0 Å². The van der Waals surface area contributed by atoms with Gasteiger partial charge in [-0.05, 0) is 30.5 Å². The Labute approximate surface area is 94.4 Å². The van der Waals surface area contributed by atoms with Gasteiger partial charge in [-0.1, -0.05) is 6.07 Å². The molecule has 2 aromatic heterocycles. The highest BCUT2D eigenvalue weighted by Gasteiger charge is 2.26. The second kappa shape index (κ2) is 3.59. The number of pyridine rings is 2. The molecular weight excluding hydrogens is 198 g/mol. The Morgan fingerprint density at radius 2 is 2.19 bits per heavy atom. The molecule has 1 aliphatic carbocycles. The predicted molar refractivity (Wildman–Crippen MR) is 63.1 cm³/mol. The van der Waals surface area contributed by atoms with Crippen molar-refractivity contribution in [1.29, 1.82) is 0 Å². The normalized spacial score (nSPS) is 18.4. The molecule has 0 fully saturated rings. The molecule has 2 N–H and O–H groups in total. The number of rotatable bonds is 1. The third-order valence-electron chi connectivity index (χ3n) is 3.22. The second-order valence-corrected chi connectivity index (χ2v) is 4.14. The Bertz CT molecular complexity index is 522. The number of fused-ring (bicyclic) bond motifs is 1. The topological polar surface area (TPSA) is 51.8 Å². The zero-order valence-electron chi connectivity index (χ0n) is 8.93. The molecule has 1 unspecified atom stereocenters. The fourth-order valence-corrected chi connectivity index (χ4v) is 2.42. The van der Waals surface area contributed by atoms with Crippen molar-refractivity contribution in [1.82, 2.24) is 9.97 Å². The van der Waals surface area contributed by atoms with Crippen molar-refractivity contribution in [3.05, 3.63) is 53.6 Å². The highest BCUT2D eigenvalue weighted by atomic mass is 14.7. The molecule has 1 atom stereocenters. The first-order chi connectivity index (χ1) is 7.86. The summed E-state index contributed by atoms with van der Waals surface area (Å²) < 4.78 is 0. The van der Waals surface area contributed by atoms with Gasteiger partial charge in [0.2, 0.25) is 0 Å². The van der Waals surface area contributed by atoms with E-state index in [0.717, 1.165) is 24.1 Å². The van der Waals surface area contributed by atoms with Crippen molar-refractivity contribution in [3.8, 4) is 0 Å². The highest BCUT2D eigenvalue weighted by Crippen LogP contribution is 2.38. The van der Waals surface area contributed by atoms with Gasteiger partial charge in [0.05, 0.1) is 5.69 Å². The van der Waals surface area contributed by atoms with Crippen molar-refractivity contribution < 1.29 is 0 Å². The minimum absolute atomic E-state index is 0.324. The molecule has 3 nitrogen and oxygen atoms in total. The Hall–Kier alpha value is -1.90. The molecule has 3 heteroatoms. The molecule has 0 saturated carbocycles. The number of nitrogens with two attached hydrogens (primary N) is 1. The van der Waals surface area contributed by atoms with Crippen molar-refractivity contribution in [2.75, 3.05) is 5.73 Å². The minimum Gasteiger partial charge on any atom is -0.398 e. The fraction of sp³-hybridized carbons (Fsp3) is 0.231. The lowest BCUT2D eigenvalue weighted by Crippen LogP contribution is -2.03. The zero-order valence-corrected chi connectivity index (χ0v) is 8.93. The lowest BCUT2D eigenvalue weighted by molar-refractivity contribution is 0.770. The molecule has 2 aromatic rings. The van der Waals surface area contributed by atoms with Crippen LogP contribution in [0.25, 0.3) is 0 Å². The van der Waals surface area contributed by atoms with E-state index in [1.165, 1.54) is 11.3 Å². The van der Waals surface area contributed by atoms with Crippen LogP contribution in [-0.4, -0.2) is 9.97 Å². The van der Waals surface area contributed by atoms with Gasteiger partial charge >= 0.3 is 0 Å². The van der Waals surface area contributed by atoms with Gasteiger partial charge < -0.3 is 5.73 Å². The molecule has 2 heterocycles. The first-order valence-corrected chi connectivity index (χ1v) is 5.49. The summed E-state index contributed by atoms with van der Waals surface area (Å²) in [6.07, 6.45) is 7.62. The second-order valence-electron chi connectivity index (χ2n) is 4.14. The van der Waals surface area contributed by atoms with Gasteiger partial charge in [-0.25, -0.2) is 0 Å². The first kappa shape index (κ1) is 9.33. The lowest BCUT2D eigenvalue weighted by Gasteiger charge is -2.12. The molecule has 0 bridgehead atoms. The molecule has 1 aliphatic rings.